The third-order valence-electron chi connectivity index (χ3n) is 7.31. The number of carbonyl (C=O) groups excluding carboxylic acids is 1. The highest BCUT2D eigenvalue weighted by molar-refractivity contribution is 6.10. The lowest BCUT2D eigenvalue weighted by molar-refractivity contribution is -0.318. The number of ether oxygens (including phenoxy) is 6. The standard InChI is InChI=1S/C29H36O15/c1-12-22(33)24(35)26(37)28(42-12)41-11-20-23(34)25(36)27(38)29(44-20)43-14-9-17(32)21(19(10-14)40-3)15(30)6-4-13-5-7-18(39-2)16(31)8-13/h4-10,12,20,22-29,31-38H,11H2,1-3H3/b6-4+/t12-,20+,22-,23-,24-,25-,26-,27-,28+,29+/m0/s1. The van der Waals surface area contributed by atoms with Crippen LogP contribution in [-0.4, -0.2) is 129 Å². The van der Waals surface area contributed by atoms with Crippen molar-refractivity contribution in [2.45, 2.75) is 68.3 Å². The zero-order valence-electron chi connectivity index (χ0n) is 24.0. The molecular weight excluding hydrogens is 588 g/mol. The summed E-state index contributed by atoms with van der Waals surface area (Å²) in [4.78, 5) is 12.9. The normalized spacial score (nSPS) is 32.4. The molecule has 10 atom stereocenters. The summed E-state index contributed by atoms with van der Waals surface area (Å²) in [6.07, 6.45) is -12.4. The molecule has 44 heavy (non-hydrogen) atoms. The van der Waals surface area contributed by atoms with Crippen LogP contribution in [-0.2, 0) is 14.2 Å². The minimum atomic E-state index is -1.77. The summed E-state index contributed by atoms with van der Waals surface area (Å²) < 4.78 is 32.3. The predicted octanol–water partition coefficient (Wildman–Crippen LogP) is -0.958. The van der Waals surface area contributed by atoms with Crippen LogP contribution in [0.25, 0.3) is 6.08 Å². The zero-order valence-corrected chi connectivity index (χ0v) is 24.0. The maximum Gasteiger partial charge on any atom is 0.229 e. The van der Waals surface area contributed by atoms with Gasteiger partial charge in [-0.2, -0.15) is 0 Å². The zero-order chi connectivity index (χ0) is 32.3. The summed E-state index contributed by atoms with van der Waals surface area (Å²) in [5.74, 6) is -1.31. The molecule has 2 aromatic carbocycles. The molecule has 2 aliphatic rings. The van der Waals surface area contributed by atoms with E-state index in [-0.39, 0.29) is 28.6 Å². The molecule has 0 aromatic heterocycles. The fraction of sp³-hybridized carbons (Fsp3) is 0.483. The highest BCUT2D eigenvalue weighted by Crippen LogP contribution is 2.36. The Bertz CT molecular complexity index is 1330. The quantitative estimate of drug-likeness (QED) is 0.117. The molecule has 15 nitrogen and oxygen atoms in total. The van der Waals surface area contributed by atoms with Gasteiger partial charge in [-0.3, -0.25) is 4.79 Å². The molecule has 2 heterocycles. The number of phenolic OH excluding ortho intramolecular Hbond substituents is 2. The van der Waals surface area contributed by atoms with Crippen molar-refractivity contribution in [3.63, 3.8) is 0 Å². The van der Waals surface area contributed by atoms with Gasteiger partial charge in [0.1, 0.15) is 65.5 Å². The Labute approximate surface area is 251 Å². The number of aromatic hydroxyl groups is 2. The third-order valence-corrected chi connectivity index (χ3v) is 7.31. The van der Waals surface area contributed by atoms with Gasteiger partial charge in [0.05, 0.1) is 26.9 Å². The Hall–Kier alpha value is -3.51. The maximum atomic E-state index is 12.9. The average molecular weight is 625 g/mol. The van der Waals surface area contributed by atoms with Crippen LogP contribution in [0.1, 0.15) is 22.8 Å². The topological polar surface area (TPSA) is 234 Å². The molecule has 0 amide bonds. The van der Waals surface area contributed by atoms with Gasteiger partial charge in [-0.05, 0) is 30.7 Å². The Morgan fingerprint density at radius 1 is 0.795 bits per heavy atom. The van der Waals surface area contributed by atoms with Gasteiger partial charge >= 0.3 is 0 Å². The maximum absolute atomic E-state index is 12.9. The van der Waals surface area contributed by atoms with E-state index in [9.17, 15) is 45.6 Å². The Morgan fingerprint density at radius 2 is 1.45 bits per heavy atom. The molecule has 0 saturated carbocycles. The van der Waals surface area contributed by atoms with Crippen LogP contribution in [0, 0.1) is 0 Å². The van der Waals surface area contributed by atoms with E-state index >= 15 is 0 Å². The van der Waals surface area contributed by atoms with Gasteiger partial charge in [-0.1, -0.05) is 12.1 Å². The second-order valence-electron chi connectivity index (χ2n) is 10.3. The molecule has 2 aliphatic heterocycles. The monoisotopic (exact) mass is 624 g/mol. The number of aliphatic hydroxyl groups excluding tert-OH is 6. The smallest absolute Gasteiger partial charge is 0.229 e. The molecule has 242 valence electrons. The second kappa shape index (κ2) is 14.1. The van der Waals surface area contributed by atoms with Crippen molar-refractivity contribution in [1.29, 1.82) is 0 Å². The molecule has 8 N–H and O–H groups in total. The molecule has 15 heteroatoms. The van der Waals surface area contributed by atoms with Gasteiger partial charge in [-0.25, -0.2) is 0 Å². The van der Waals surface area contributed by atoms with E-state index in [0.29, 0.717) is 5.56 Å². The summed E-state index contributed by atoms with van der Waals surface area (Å²) in [6.45, 7) is 0.958. The predicted molar refractivity (Wildman–Crippen MR) is 148 cm³/mol. The van der Waals surface area contributed by atoms with Crippen molar-refractivity contribution in [3.05, 3.63) is 47.5 Å². The van der Waals surface area contributed by atoms with Crippen LogP contribution in [0.4, 0.5) is 0 Å². The number of benzene rings is 2. The van der Waals surface area contributed by atoms with Crippen LogP contribution in [0.2, 0.25) is 0 Å². The van der Waals surface area contributed by atoms with E-state index in [4.69, 9.17) is 28.4 Å². The van der Waals surface area contributed by atoms with Gasteiger partial charge in [-0.15, -0.1) is 0 Å². The summed E-state index contributed by atoms with van der Waals surface area (Å²) in [7, 11) is 2.65. The van der Waals surface area contributed by atoms with Gasteiger partial charge < -0.3 is 69.3 Å². The van der Waals surface area contributed by atoms with Gasteiger partial charge in [0.15, 0.2) is 23.6 Å². The average Bonchev–Trinajstić information content (AvgIpc) is 3.00. The number of rotatable bonds is 10. The number of hydrogen-bond donors (Lipinski definition) is 8. The van der Waals surface area contributed by atoms with Crippen LogP contribution < -0.4 is 14.2 Å². The SMILES string of the molecule is COc1ccc(/C=C/C(=O)c2c(O)cc(O[C@@H]3O[C@H](CO[C@@H]4O[C@@H](C)[C@H](O)[C@H](O)[C@@H]4O)[C@H](O)[C@H](O)[C@@H]3O)cc2OC)cc1O. The molecule has 2 fully saturated rings. The largest absolute Gasteiger partial charge is 0.507 e. The minimum Gasteiger partial charge on any atom is -0.507 e. The van der Waals surface area contributed by atoms with Crippen molar-refractivity contribution in [2.24, 2.45) is 0 Å². The summed E-state index contributed by atoms with van der Waals surface area (Å²) in [6, 6.07) is 6.80. The van der Waals surface area contributed by atoms with Crippen LogP contribution in [0.15, 0.2) is 36.4 Å². The van der Waals surface area contributed by atoms with Crippen LogP contribution in [0.3, 0.4) is 0 Å². The van der Waals surface area contributed by atoms with Gasteiger partial charge in [0, 0.05) is 12.1 Å². The number of aliphatic hydroxyl groups is 6. The molecule has 4 rings (SSSR count). The number of hydrogen-bond acceptors (Lipinski definition) is 15. The molecule has 0 bridgehead atoms. The first-order chi connectivity index (χ1) is 20.9. The van der Waals surface area contributed by atoms with E-state index < -0.39 is 79.6 Å². The van der Waals surface area contributed by atoms with Crippen molar-refractivity contribution >= 4 is 11.9 Å². The number of phenols is 2. The lowest BCUT2D eigenvalue weighted by Gasteiger charge is -2.42. The van der Waals surface area contributed by atoms with E-state index in [1.807, 2.05) is 0 Å². The first-order valence-corrected chi connectivity index (χ1v) is 13.5. The van der Waals surface area contributed by atoms with Crippen molar-refractivity contribution in [3.8, 4) is 28.7 Å². The van der Waals surface area contributed by atoms with E-state index in [1.54, 1.807) is 6.07 Å². The van der Waals surface area contributed by atoms with Crippen molar-refractivity contribution in [1.82, 2.24) is 0 Å². The molecule has 2 aromatic rings. The first-order valence-electron chi connectivity index (χ1n) is 13.5. The van der Waals surface area contributed by atoms with E-state index in [2.05, 4.69) is 0 Å². The molecular formula is C29H36O15. The molecule has 2 saturated heterocycles. The second-order valence-corrected chi connectivity index (χ2v) is 10.3. The lowest BCUT2D eigenvalue weighted by atomic mass is 9.98. The number of ketones is 1. The van der Waals surface area contributed by atoms with Crippen molar-refractivity contribution in [2.75, 3.05) is 20.8 Å². The highest BCUT2D eigenvalue weighted by atomic mass is 16.7. The van der Waals surface area contributed by atoms with Gasteiger partial charge in [0.2, 0.25) is 6.29 Å². The number of carbonyl (C=O) groups is 1. The first kappa shape index (κ1) is 33.4. The van der Waals surface area contributed by atoms with Crippen molar-refractivity contribution < 1.29 is 74.1 Å². The molecule has 0 radical (unpaired) electrons. The summed E-state index contributed by atoms with van der Waals surface area (Å²) >= 11 is 0. The van der Waals surface area contributed by atoms with Crippen LogP contribution in [0.5, 0.6) is 28.7 Å². The molecule has 0 unspecified atom stereocenters. The number of allylic oxidation sites excluding steroid dienone is 1. The minimum absolute atomic E-state index is 0.101. The Balaban J connectivity index is 1.46. The van der Waals surface area contributed by atoms with E-state index in [1.165, 1.54) is 45.4 Å². The van der Waals surface area contributed by atoms with E-state index in [0.717, 1.165) is 12.1 Å². The van der Waals surface area contributed by atoms with Gasteiger partial charge in [0.25, 0.3) is 0 Å². The Kier molecular flexibility index (Phi) is 10.7. The number of methoxy groups -OCH3 is 2. The summed E-state index contributed by atoms with van der Waals surface area (Å²) in [5, 5.41) is 82.0. The lowest BCUT2D eigenvalue weighted by Crippen LogP contribution is -2.61. The highest BCUT2D eigenvalue weighted by Gasteiger charge is 2.47. The fourth-order valence-electron chi connectivity index (χ4n) is 4.75. The Morgan fingerprint density at radius 3 is 2.11 bits per heavy atom. The molecule has 0 aliphatic carbocycles. The van der Waals surface area contributed by atoms with Crippen LogP contribution >= 0.6 is 0 Å². The molecule has 0 spiro atoms. The third kappa shape index (κ3) is 7.07. The summed E-state index contributed by atoms with van der Waals surface area (Å²) in [5.41, 5.74) is 0.263. The fourth-order valence-corrected chi connectivity index (χ4v) is 4.75.